The quantitative estimate of drug-likeness (QED) is 0.607. The first-order chi connectivity index (χ1) is 7.27. The van der Waals surface area contributed by atoms with E-state index in [0.29, 0.717) is 11.3 Å². The Morgan fingerprint density at radius 1 is 1.67 bits per heavy atom. The molecule has 5 heteroatoms. The highest BCUT2D eigenvalue weighted by atomic mass is 32.2. The van der Waals surface area contributed by atoms with Gasteiger partial charge in [0.25, 0.3) is 0 Å². The minimum absolute atomic E-state index is 0.521. The molecule has 0 aliphatic carbocycles. The molecular weight excluding hydrogens is 210 g/mol. The van der Waals surface area contributed by atoms with Crippen LogP contribution in [0.3, 0.4) is 0 Å². The number of nitrogens with two attached hydrogens (primary N) is 1. The van der Waals surface area contributed by atoms with Gasteiger partial charge in [0.2, 0.25) is 0 Å². The first-order valence-electron chi connectivity index (χ1n) is 4.55. The molecule has 1 aromatic heterocycles. The standard InChI is InChI=1S/C10H13N3OS/c1-14-3-2-4-15-10-8(6-11)5-9(12)7-13-10/h5,7H,2-4,12H2,1H3. The fourth-order valence-corrected chi connectivity index (χ4v) is 1.88. The lowest BCUT2D eigenvalue weighted by molar-refractivity contribution is 0.200. The summed E-state index contributed by atoms with van der Waals surface area (Å²) in [6.07, 6.45) is 2.51. The predicted molar refractivity (Wildman–Crippen MR) is 60.6 cm³/mol. The molecule has 0 fully saturated rings. The molecule has 80 valence electrons. The van der Waals surface area contributed by atoms with Crippen LogP contribution in [0, 0.1) is 11.3 Å². The van der Waals surface area contributed by atoms with Crippen molar-refractivity contribution in [3.8, 4) is 6.07 Å². The molecule has 0 aliphatic heterocycles. The molecule has 0 saturated carbocycles. The Kier molecular flexibility index (Phi) is 4.95. The summed E-state index contributed by atoms with van der Waals surface area (Å²) in [5.41, 5.74) is 6.60. The molecule has 15 heavy (non-hydrogen) atoms. The average molecular weight is 223 g/mol. The number of nitrogen functional groups attached to an aromatic ring is 1. The number of thioether (sulfide) groups is 1. The number of hydrogen-bond donors (Lipinski definition) is 1. The van der Waals surface area contributed by atoms with Gasteiger partial charge in [0.15, 0.2) is 0 Å². The van der Waals surface area contributed by atoms with Crippen molar-refractivity contribution >= 4 is 17.4 Å². The van der Waals surface area contributed by atoms with Gasteiger partial charge in [-0.05, 0) is 12.5 Å². The van der Waals surface area contributed by atoms with Crippen LogP contribution in [0.1, 0.15) is 12.0 Å². The first kappa shape index (κ1) is 11.8. The maximum Gasteiger partial charge on any atom is 0.114 e. The summed E-state index contributed by atoms with van der Waals surface area (Å²) in [5.74, 6) is 0.888. The summed E-state index contributed by atoms with van der Waals surface area (Å²) in [7, 11) is 1.67. The number of hydrogen-bond acceptors (Lipinski definition) is 5. The van der Waals surface area contributed by atoms with Crippen molar-refractivity contribution in [2.24, 2.45) is 0 Å². The number of nitriles is 1. The van der Waals surface area contributed by atoms with Crippen molar-refractivity contribution in [2.75, 3.05) is 25.2 Å². The van der Waals surface area contributed by atoms with E-state index in [2.05, 4.69) is 11.1 Å². The minimum Gasteiger partial charge on any atom is -0.397 e. The Hall–Kier alpha value is -1.25. The molecule has 0 unspecified atom stereocenters. The fraction of sp³-hybridized carbons (Fsp3) is 0.400. The molecule has 0 amide bonds. The average Bonchev–Trinajstić information content (AvgIpc) is 2.26. The Morgan fingerprint density at radius 3 is 3.13 bits per heavy atom. The zero-order valence-electron chi connectivity index (χ0n) is 8.56. The molecule has 1 heterocycles. The van der Waals surface area contributed by atoms with Crippen LogP contribution in [0.15, 0.2) is 17.3 Å². The second kappa shape index (κ2) is 6.27. The van der Waals surface area contributed by atoms with Crippen molar-refractivity contribution in [1.82, 2.24) is 4.98 Å². The summed E-state index contributed by atoms with van der Waals surface area (Å²) in [6, 6.07) is 3.73. The van der Waals surface area contributed by atoms with Crippen molar-refractivity contribution in [2.45, 2.75) is 11.4 Å². The normalized spacial score (nSPS) is 9.87. The molecule has 0 atom stereocenters. The Labute approximate surface area is 93.4 Å². The molecule has 0 bridgehead atoms. The molecule has 0 aromatic carbocycles. The maximum absolute atomic E-state index is 8.86. The molecule has 0 radical (unpaired) electrons. The highest BCUT2D eigenvalue weighted by Crippen LogP contribution is 2.21. The number of nitrogens with zero attached hydrogens (tertiary/aromatic N) is 2. The van der Waals surface area contributed by atoms with Crippen LogP contribution in [-0.4, -0.2) is 24.5 Å². The number of anilines is 1. The van der Waals surface area contributed by atoms with Crippen LogP contribution in [0.2, 0.25) is 0 Å². The van der Waals surface area contributed by atoms with E-state index < -0.39 is 0 Å². The second-order valence-electron chi connectivity index (χ2n) is 2.93. The van der Waals surface area contributed by atoms with E-state index in [1.165, 1.54) is 0 Å². The number of pyridine rings is 1. The van der Waals surface area contributed by atoms with E-state index in [9.17, 15) is 0 Å². The largest absolute Gasteiger partial charge is 0.397 e. The predicted octanol–water partition coefficient (Wildman–Crippen LogP) is 1.66. The monoisotopic (exact) mass is 223 g/mol. The summed E-state index contributed by atoms with van der Waals surface area (Å²) in [5, 5.41) is 9.60. The third-order valence-electron chi connectivity index (χ3n) is 1.72. The smallest absolute Gasteiger partial charge is 0.114 e. The van der Waals surface area contributed by atoms with E-state index >= 15 is 0 Å². The third-order valence-corrected chi connectivity index (χ3v) is 2.82. The molecule has 2 N–H and O–H groups in total. The highest BCUT2D eigenvalue weighted by molar-refractivity contribution is 7.99. The van der Waals surface area contributed by atoms with E-state index in [1.54, 1.807) is 31.1 Å². The number of aromatic nitrogens is 1. The number of methoxy groups -OCH3 is 1. The van der Waals surface area contributed by atoms with E-state index in [1.807, 2.05) is 0 Å². The number of ether oxygens (including phenoxy) is 1. The van der Waals surface area contributed by atoms with Gasteiger partial charge in [0.1, 0.15) is 11.1 Å². The zero-order chi connectivity index (χ0) is 11.1. The number of rotatable bonds is 5. The second-order valence-corrected chi connectivity index (χ2v) is 4.01. The topological polar surface area (TPSA) is 71.9 Å². The summed E-state index contributed by atoms with van der Waals surface area (Å²) in [4.78, 5) is 4.12. The lowest BCUT2D eigenvalue weighted by atomic mass is 10.3. The van der Waals surface area contributed by atoms with Crippen LogP contribution in [0.25, 0.3) is 0 Å². The summed E-state index contributed by atoms with van der Waals surface area (Å²) < 4.78 is 4.94. The molecule has 0 spiro atoms. The van der Waals surface area contributed by atoms with E-state index in [4.69, 9.17) is 15.7 Å². The van der Waals surface area contributed by atoms with Gasteiger partial charge in [-0.15, -0.1) is 11.8 Å². The first-order valence-corrected chi connectivity index (χ1v) is 5.54. The van der Waals surface area contributed by atoms with Gasteiger partial charge >= 0.3 is 0 Å². The van der Waals surface area contributed by atoms with Gasteiger partial charge in [-0.1, -0.05) is 0 Å². The van der Waals surface area contributed by atoms with Crippen molar-refractivity contribution in [1.29, 1.82) is 5.26 Å². The Bertz CT molecular complexity index is 362. The lowest BCUT2D eigenvalue weighted by Crippen LogP contribution is -1.94. The summed E-state index contributed by atoms with van der Waals surface area (Å²) in [6.45, 7) is 0.726. The third kappa shape index (κ3) is 3.78. The van der Waals surface area contributed by atoms with Crippen LogP contribution < -0.4 is 5.73 Å². The zero-order valence-corrected chi connectivity index (χ0v) is 9.38. The molecule has 1 aromatic rings. The van der Waals surface area contributed by atoms with Crippen molar-refractivity contribution in [3.05, 3.63) is 17.8 Å². The van der Waals surface area contributed by atoms with Gasteiger partial charge in [-0.2, -0.15) is 5.26 Å². The minimum atomic E-state index is 0.521. The highest BCUT2D eigenvalue weighted by Gasteiger charge is 2.04. The van der Waals surface area contributed by atoms with Crippen LogP contribution in [0.4, 0.5) is 5.69 Å². The SMILES string of the molecule is COCCCSc1ncc(N)cc1C#N. The molecule has 0 aliphatic rings. The molecule has 0 saturated heterocycles. The fourth-order valence-electron chi connectivity index (χ4n) is 1.04. The van der Waals surface area contributed by atoms with E-state index in [-0.39, 0.29) is 0 Å². The van der Waals surface area contributed by atoms with Gasteiger partial charge in [-0.25, -0.2) is 4.98 Å². The molecule has 1 rings (SSSR count). The van der Waals surface area contributed by atoms with Crippen molar-refractivity contribution in [3.63, 3.8) is 0 Å². The molecule has 4 nitrogen and oxygen atoms in total. The van der Waals surface area contributed by atoms with Crippen LogP contribution >= 0.6 is 11.8 Å². The Balaban J connectivity index is 2.57. The van der Waals surface area contributed by atoms with Gasteiger partial charge in [0.05, 0.1) is 17.4 Å². The van der Waals surface area contributed by atoms with Crippen LogP contribution in [-0.2, 0) is 4.74 Å². The maximum atomic E-state index is 8.86. The lowest BCUT2D eigenvalue weighted by Gasteiger charge is -2.03. The molecular formula is C10H13N3OS. The van der Waals surface area contributed by atoms with Crippen LogP contribution in [0.5, 0.6) is 0 Å². The Morgan fingerprint density at radius 2 is 2.47 bits per heavy atom. The van der Waals surface area contributed by atoms with Gasteiger partial charge in [0, 0.05) is 19.5 Å². The van der Waals surface area contributed by atoms with Gasteiger partial charge < -0.3 is 10.5 Å². The summed E-state index contributed by atoms with van der Waals surface area (Å²) >= 11 is 1.55. The van der Waals surface area contributed by atoms with Gasteiger partial charge in [-0.3, -0.25) is 0 Å². The van der Waals surface area contributed by atoms with E-state index in [0.717, 1.165) is 23.8 Å². The van der Waals surface area contributed by atoms with Crippen molar-refractivity contribution < 1.29 is 4.74 Å².